The van der Waals surface area contributed by atoms with Gasteiger partial charge in [0.2, 0.25) is 0 Å². The zero-order chi connectivity index (χ0) is 14.5. The van der Waals surface area contributed by atoms with E-state index in [0.29, 0.717) is 18.0 Å². The number of aromatic nitrogens is 3. The van der Waals surface area contributed by atoms with Crippen molar-refractivity contribution >= 4 is 5.91 Å². The van der Waals surface area contributed by atoms with Crippen LogP contribution >= 0.6 is 0 Å². The first-order chi connectivity index (χ1) is 10.3. The number of amides is 1. The lowest BCUT2D eigenvalue weighted by Crippen LogP contribution is -2.24. The van der Waals surface area contributed by atoms with Gasteiger partial charge in [-0.15, -0.1) is 0 Å². The van der Waals surface area contributed by atoms with Crippen molar-refractivity contribution in [2.45, 2.75) is 6.54 Å². The third-order valence-electron chi connectivity index (χ3n) is 2.88. The molecule has 3 aromatic rings. The summed E-state index contributed by atoms with van der Waals surface area (Å²) in [5, 5.41) is 2.79. The average Bonchev–Trinajstić information content (AvgIpc) is 3.08. The predicted octanol–water partition coefficient (Wildman–Crippen LogP) is 2.06. The largest absolute Gasteiger partial charge is 0.463 e. The Kier molecular flexibility index (Phi) is 3.68. The van der Waals surface area contributed by atoms with E-state index in [1.807, 2.05) is 18.2 Å². The number of furan rings is 1. The van der Waals surface area contributed by atoms with Crippen LogP contribution in [0, 0.1) is 0 Å². The van der Waals surface area contributed by atoms with E-state index in [2.05, 4.69) is 20.3 Å². The van der Waals surface area contributed by atoms with Gasteiger partial charge in [0.05, 0.1) is 12.5 Å². The van der Waals surface area contributed by atoms with E-state index in [4.69, 9.17) is 4.42 Å². The molecule has 6 nitrogen and oxygen atoms in total. The summed E-state index contributed by atoms with van der Waals surface area (Å²) in [6.07, 6.45) is 7.70. The van der Waals surface area contributed by atoms with Crippen molar-refractivity contribution in [3.63, 3.8) is 0 Å². The van der Waals surface area contributed by atoms with Gasteiger partial charge in [0, 0.05) is 30.7 Å². The smallest absolute Gasteiger partial charge is 0.271 e. The first kappa shape index (κ1) is 13.0. The van der Waals surface area contributed by atoms with Crippen molar-refractivity contribution in [3.8, 4) is 11.5 Å². The molecule has 1 N–H and O–H groups in total. The molecule has 1 amide bonds. The highest BCUT2D eigenvalue weighted by molar-refractivity contribution is 5.91. The van der Waals surface area contributed by atoms with Crippen LogP contribution in [0.3, 0.4) is 0 Å². The van der Waals surface area contributed by atoms with Crippen LogP contribution in [0.25, 0.3) is 11.5 Å². The van der Waals surface area contributed by atoms with Crippen LogP contribution in [0.5, 0.6) is 0 Å². The van der Waals surface area contributed by atoms with Gasteiger partial charge >= 0.3 is 0 Å². The van der Waals surface area contributed by atoms with Gasteiger partial charge in [0.15, 0.2) is 5.76 Å². The minimum Gasteiger partial charge on any atom is -0.463 e. The molecule has 0 unspecified atom stereocenters. The maximum absolute atomic E-state index is 12.0. The number of hydrogen-bond donors (Lipinski definition) is 1. The average molecular weight is 280 g/mol. The number of hydrogen-bond acceptors (Lipinski definition) is 5. The van der Waals surface area contributed by atoms with Gasteiger partial charge in [-0.1, -0.05) is 6.07 Å². The van der Waals surface area contributed by atoms with E-state index in [-0.39, 0.29) is 11.6 Å². The fourth-order valence-electron chi connectivity index (χ4n) is 1.90. The summed E-state index contributed by atoms with van der Waals surface area (Å²) in [4.78, 5) is 24.1. The lowest BCUT2D eigenvalue weighted by atomic mass is 10.1. The summed E-state index contributed by atoms with van der Waals surface area (Å²) < 4.78 is 5.35. The molecule has 0 fully saturated rings. The molecule has 3 aromatic heterocycles. The van der Waals surface area contributed by atoms with Crippen LogP contribution in [-0.2, 0) is 6.54 Å². The summed E-state index contributed by atoms with van der Waals surface area (Å²) in [5.41, 5.74) is 1.85. The summed E-state index contributed by atoms with van der Waals surface area (Å²) in [6, 6.07) is 7.33. The van der Waals surface area contributed by atoms with E-state index < -0.39 is 0 Å². The fraction of sp³-hybridized carbons (Fsp3) is 0.0667. The molecule has 3 rings (SSSR count). The van der Waals surface area contributed by atoms with Gasteiger partial charge in [-0.3, -0.25) is 14.8 Å². The quantitative estimate of drug-likeness (QED) is 0.791. The molecule has 3 heterocycles. The minimum atomic E-state index is -0.280. The van der Waals surface area contributed by atoms with Crippen molar-refractivity contribution in [1.29, 1.82) is 0 Å². The van der Waals surface area contributed by atoms with Crippen molar-refractivity contribution in [2.24, 2.45) is 0 Å². The molecule has 6 heteroatoms. The highest BCUT2D eigenvalue weighted by Gasteiger charge is 2.11. The molecular weight excluding hydrogens is 268 g/mol. The molecule has 0 bridgehead atoms. The Bertz CT molecular complexity index is 726. The lowest BCUT2D eigenvalue weighted by molar-refractivity contribution is 0.0945. The van der Waals surface area contributed by atoms with Gasteiger partial charge in [0.1, 0.15) is 11.4 Å². The molecule has 0 aliphatic rings. The molecule has 0 spiro atoms. The Morgan fingerprint density at radius 2 is 2.10 bits per heavy atom. The second-order valence-corrected chi connectivity index (χ2v) is 4.26. The van der Waals surface area contributed by atoms with Gasteiger partial charge in [0.25, 0.3) is 5.91 Å². The summed E-state index contributed by atoms with van der Waals surface area (Å²) in [7, 11) is 0. The topological polar surface area (TPSA) is 80.9 Å². The standard InChI is InChI=1S/C15H12N4O2/c20-15(12-10-16-6-7-17-12)19-9-11-3-1-5-18-14(11)13-4-2-8-21-13/h1-8,10H,9H2,(H,19,20). The first-order valence-corrected chi connectivity index (χ1v) is 6.36. The third-order valence-corrected chi connectivity index (χ3v) is 2.88. The summed E-state index contributed by atoms with van der Waals surface area (Å²) in [5.74, 6) is 0.386. The number of rotatable bonds is 4. The maximum Gasteiger partial charge on any atom is 0.271 e. The molecule has 0 saturated carbocycles. The Hall–Kier alpha value is -3.02. The normalized spacial score (nSPS) is 10.3. The van der Waals surface area contributed by atoms with E-state index >= 15 is 0 Å². The second-order valence-electron chi connectivity index (χ2n) is 4.26. The van der Waals surface area contributed by atoms with Crippen LogP contribution in [0.4, 0.5) is 0 Å². The van der Waals surface area contributed by atoms with Gasteiger partial charge in [-0.2, -0.15) is 0 Å². The van der Waals surface area contributed by atoms with Gasteiger partial charge in [-0.25, -0.2) is 4.98 Å². The van der Waals surface area contributed by atoms with Crippen molar-refractivity contribution in [3.05, 3.63) is 66.6 Å². The van der Waals surface area contributed by atoms with Crippen molar-refractivity contribution in [1.82, 2.24) is 20.3 Å². The Morgan fingerprint density at radius 3 is 2.86 bits per heavy atom. The summed E-state index contributed by atoms with van der Waals surface area (Å²) >= 11 is 0. The molecule has 0 aliphatic carbocycles. The van der Waals surface area contributed by atoms with Crippen LogP contribution in [0.1, 0.15) is 16.1 Å². The van der Waals surface area contributed by atoms with Gasteiger partial charge < -0.3 is 9.73 Å². The predicted molar refractivity (Wildman–Crippen MR) is 75.1 cm³/mol. The Balaban J connectivity index is 1.76. The number of nitrogens with zero attached hydrogens (tertiary/aromatic N) is 3. The lowest BCUT2D eigenvalue weighted by Gasteiger charge is -2.07. The van der Waals surface area contributed by atoms with Crippen LogP contribution in [0.2, 0.25) is 0 Å². The summed E-state index contributed by atoms with van der Waals surface area (Å²) in [6.45, 7) is 0.333. The molecule has 104 valence electrons. The molecule has 21 heavy (non-hydrogen) atoms. The van der Waals surface area contributed by atoms with E-state index in [1.165, 1.54) is 18.6 Å². The SMILES string of the molecule is O=C(NCc1cccnc1-c1ccco1)c1cnccn1. The third kappa shape index (κ3) is 2.94. The number of nitrogens with one attached hydrogen (secondary N) is 1. The number of carbonyl (C=O) groups excluding carboxylic acids is 1. The fourth-order valence-corrected chi connectivity index (χ4v) is 1.90. The number of carbonyl (C=O) groups is 1. The number of pyridine rings is 1. The van der Waals surface area contributed by atoms with Crippen molar-refractivity contribution < 1.29 is 9.21 Å². The Morgan fingerprint density at radius 1 is 1.14 bits per heavy atom. The van der Waals surface area contributed by atoms with E-state index in [0.717, 1.165) is 5.56 Å². The molecule has 0 aromatic carbocycles. The zero-order valence-electron chi connectivity index (χ0n) is 11.1. The molecule has 0 atom stereocenters. The van der Waals surface area contributed by atoms with Crippen LogP contribution in [0.15, 0.2) is 59.7 Å². The van der Waals surface area contributed by atoms with E-state index in [1.54, 1.807) is 18.5 Å². The minimum absolute atomic E-state index is 0.279. The second kappa shape index (κ2) is 5.96. The molecule has 0 aliphatic heterocycles. The first-order valence-electron chi connectivity index (χ1n) is 6.36. The molecular formula is C15H12N4O2. The van der Waals surface area contributed by atoms with Crippen LogP contribution < -0.4 is 5.32 Å². The van der Waals surface area contributed by atoms with Crippen LogP contribution in [-0.4, -0.2) is 20.9 Å². The van der Waals surface area contributed by atoms with E-state index in [9.17, 15) is 4.79 Å². The highest BCUT2D eigenvalue weighted by atomic mass is 16.3. The maximum atomic E-state index is 12.0. The molecule has 0 saturated heterocycles. The highest BCUT2D eigenvalue weighted by Crippen LogP contribution is 2.21. The molecule has 0 radical (unpaired) electrons. The zero-order valence-corrected chi connectivity index (χ0v) is 11.1. The van der Waals surface area contributed by atoms with Crippen molar-refractivity contribution in [2.75, 3.05) is 0 Å². The Labute approximate surface area is 120 Å². The monoisotopic (exact) mass is 280 g/mol. The van der Waals surface area contributed by atoms with Gasteiger partial charge in [-0.05, 0) is 18.2 Å².